The van der Waals surface area contributed by atoms with Gasteiger partial charge in [-0.2, -0.15) is 0 Å². The normalized spacial score (nSPS) is 25.2. The Hall–Kier alpha value is -0.400. The Balaban J connectivity index is 1.11. The lowest BCUT2D eigenvalue weighted by Crippen LogP contribution is -2.46. The van der Waals surface area contributed by atoms with E-state index in [9.17, 15) is 0 Å². The minimum atomic E-state index is -0.315. The molecular weight excluding hydrogens is 568 g/mol. The van der Waals surface area contributed by atoms with E-state index in [0.29, 0.717) is 52.9 Å². The first-order valence-electron chi connectivity index (χ1n) is 17.1. The minimum absolute atomic E-state index is 0.0309. The fourth-order valence-electron chi connectivity index (χ4n) is 5.50. The molecule has 4 unspecified atom stereocenters. The molecule has 4 atom stereocenters. The van der Waals surface area contributed by atoms with Crippen LogP contribution in [0, 0.1) is 10.8 Å². The van der Waals surface area contributed by atoms with Gasteiger partial charge >= 0.3 is 0 Å². The second-order valence-electron chi connectivity index (χ2n) is 14.9. The number of ether oxygens (including phenoxy) is 10. The predicted molar refractivity (Wildman–Crippen MR) is 166 cm³/mol. The topological polar surface area (TPSA) is 98.9 Å². The summed E-state index contributed by atoms with van der Waals surface area (Å²) in [5.74, 6) is 0. The average Bonchev–Trinajstić information content (AvgIpc) is 3.86. The van der Waals surface area contributed by atoms with Crippen LogP contribution in [0.1, 0.15) is 80.1 Å². The second kappa shape index (κ2) is 17.1. The van der Waals surface area contributed by atoms with E-state index in [1.807, 2.05) is 0 Å². The predicted octanol–water partition coefficient (Wildman–Crippen LogP) is 4.59. The molecule has 10 nitrogen and oxygen atoms in total. The van der Waals surface area contributed by atoms with Crippen LogP contribution >= 0.6 is 0 Å². The standard InChI is InChI=1S/C34H62O10/c1-7-33(23-37-24-33)21-35-14-27(39-16-29-18-41-29)13-32(5,6)43-12-10-9-11-31(3,4)44-20-28(40-17-30-19-42-30)15-36-22-34(8-2)25-38-26-34/h27-30H,7-26H2,1-6H3. The van der Waals surface area contributed by atoms with E-state index in [1.54, 1.807) is 0 Å². The molecule has 0 radical (unpaired) electrons. The van der Waals surface area contributed by atoms with Crippen molar-refractivity contribution in [1.82, 2.24) is 0 Å². The summed E-state index contributed by atoms with van der Waals surface area (Å²) in [5, 5.41) is 0. The molecule has 0 aliphatic carbocycles. The van der Waals surface area contributed by atoms with Crippen molar-refractivity contribution in [2.75, 3.05) is 92.5 Å². The molecule has 0 aromatic rings. The van der Waals surface area contributed by atoms with Crippen molar-refractivity contribution in [3.63, 3.8) is 0 Å². The van der Waals surface area contributed by atoms with E-state index in [1.165, 1.54) is 0 Å². The Morgan fingerprint density at radius 1 is 0.682 bits per heavy atom. The molecule has 0 saturated carbocycles. The van der Waals surface area contributed by atoms with Crippen LogP contribution < -0.4 is 0 Å². The fourth-order valence-corrected chi connectivity index (χ4v) is 5.50. The summed E-state index contributed by atoms with van der Waals surface area (Å²) in [7, 11) is 0. The summed E-state index contributed by atoms with van der Waals surface area (Å²) < 4.78 is 58.8. The Bertz CT molecular complexity index is 793. The number of hydrogen-bond donors (Lipinski definition) is 0. The van der Waals surface area contributed by atoms with Gasteiger partial charge in [0.1, 0.15) is 18.3 Å². The molecule has 4 saturated heterocycles. The van der Waals surface area contributed by atoms with E-state index in [0.717, 1.165) is 78.2 Å². The Labute approximate surface area is 266 Å². The molecule has 0 aromatic carbocycles. The summed E-state index contributed by atoms with van der Waals surface area (Å²) in [6.45, 7) is 22.6. The zero-order valence-electron chi connectivity index (χ0n) is 28.5. The van der Waals surface area contributed by atoms with Gasteiger partial charge in [-0.1, -0.05) is 13.8 Å². The lowest BCUT2D eigenvalue weighted by atomic mass is 9.84. The third-order valence-electron chi connectivity index (χ3n) is 9.44. The molecule has 258 valence electrons. The lowest BCUT2D eigenvalue weighted by molar-refractivity contribution is -0.165. The van der Waals surface area contributed by atoms with Gasteiger partial charge in [0.05, 0.1) is 103 Å². The zero-order valence-corrected chi connectivity index (χ0v) is 28.5. The second-order valence-corrected chi connectivity index (χ2v) is 14.9. The van der Waals surface area contributed by atoms with Crippen LogP contribution in [0.25, 0.3) is 0 Å². The van der Waals surface area contributed by atoms with Crippen molar-refractivity contribution in [1.29, 1.82) is 0 Å². The molecule has 44 heavy (non-hydrogen) atoms. The zero-order chi connectivity index (χ0) is 31.5. The van der Waals surface area contributed by atoms with Crippen molar-refractivity contribution in [2.24, 2.45) is 10.8 Å². The molecule has 4 heterocycles. The molecule has 0 amide bonds. The maximum atomic E-state index is 6.37. The summed E-state index contributed by atoms with van der Waals surface area (Å²) in [4.78, 5) is 0. The highest BCUT2D eigenvalue weighted by molar-refractivity contribution is 4.85. The Morgan fingerprint density at radius 2 is 1.20 bits per heavy atom. The van der Waals surface area contributed by atoms with Gasteiger partial charge in [0.25, 0.3) is 0 Å². The SMILES string of the molecule is CCC1(COCC(COC(C)(C)CCCCOC(C)(C)CC(COCC2(CC)COC2)OCC2CO2)OCC2CO2)COC1. The molecule has 0 aromatic heterocycles. The van der Waals surface area contributed by atoms with Crippen LogP contribution in [0.5, 0.6) is 0 Å². The maximum absolute atomic E-state index is 6.37. The molecule has 4 aliphatic rings. The minimum Gasteiger partial charge on any atom is -0.380 e. The quantitative estimate of drug-likeness (QED) is 0.0947. The molecule has 10 heteroatoms. The van der Waals surface area contributed by atoms with Crippen LogP contribution in [0.2, 0.25) is 0 Å². The number of unbranched alkanes of at least 4 members (excludes halogenated alkanes) is 1. The van der Waals surface area contributed by atoms with Crippen molar-refractivity contribution in [3.05, 3.63) is 0 Å². The van der Waals surface area contributed by atoms with Crippen molar-refractivity contribution in [3.8, 4) is 0 Å². The van der Waals surface area contributed by atoms with E-state index < -0.39 is 0 Å². The van der Waals surface area contributed by atoms with Gasteiger partial charge in [0.2, 0.25) is 0 Å². The first-order valence-corrected chi connectivity index (χ1v) is 17.1. The number of rotatable bonds is 27. The van der Waals surface area contributed by atoms with Gasteiger partial charge in [0.15, 0.2) is 0 Å². The van der Waals surface area contributed by atoms with Gasteiger partial charge in [0, 0.05) is 23.9 Å². The summed E-state index contributed by atoms with van der Waals surface area (Å²) in [5.41, 5.74) is -0.242. The average molecular weight is 631 g/mol. The summed E-state index contributed by atoms with van der Waals surface area (Å²) >= 11 is 0. The largest absolute Gasteiger partial charge is 0.380 e. The molecule has 4 rings (SSSR count). The monoisotopic (exact) mass is 630 g/mol. The van der Waals surface area contributed by atoms with Gasteiger partial charge in [-0.15, -0.1) is 0 Å². The highest BCUT2D eigenvalue weighted by Crippen LogP contribution is 2.33. The highest BCUT2D eigenvalue weighted by atomic mass is 16.6. The molecule has 4 aliphatic heterocycles. The first-order chi connectivity index (χ1) is 21.1. The van der Waals surface area contributed by atoms with Gasteiger partial charge < -0.3 is 47.4 Å². The third-order valence-corrected chi connectivity index (χ3v) is 9.44. The van der Waals surface area contributed by atoms with E-state index in [-0.39, 0.29) is 46.4 Å². The summed E-state index contributed by atoms with van der Waals surface area (Å²) in [6.07, 6.45) is 6.13. The molecule has 0 bridgehead atoms. The fraction of sp³-hybridized carbons (Fsp3) is 1.00. The van der Waals surface area contributed by atoms with Gasteiger partial charge in [-0.3, -0.25) is 0 Å². The molecule has 4 fully saturated rings. The first kappa shape index (κ1) is 36.4. The Morgan fingerprint density at radius 3 is 1.68 bits per heavy atom. The van der Waals surface area contributed by atoms with Crippen molar-refractivity contribution in [2.45, 2.75) is 116 Å². The van der Waals surface area contributed by atoms with Crippen LogP contribution in [0.15, 0.2) is 0 Å². The lowest BCUT2D eigenvalue weighted by Gasteiger charge is -2.40. The molecule has 0 N–H and O–H groups in total. The summed E-state index contributed by atoms with van der Waals surface area (Å²) in [6, 6.07) is 0. The highest BCUT2D eigenvalue weighted by Gasteiger charge is 2.38. The smallest absolute Gasteiger partial charge is 0.104 e. The van der Waals surface area contributed by atoms with E-state index >= 15 is 0 Å². The Kier molecular flexibility index (Phi) is 14.2. The van der Waals surface area contributed by atoms with Gasteiger partial charge in [-0.05, 0) is 59.8 Å². The number of hydrogen-bond acceptors (Lipinski definition) is 10. The molecular formula is C34H62O10. The van der Waals surface area contributed by atoms with Crippen molar-refractivity contribution >= 4 is 0 Å². The maximum Gasteiger partial charge on any atom is 0.104 e. The van der Waals surface area contributed by atoms with Gasteiger partial charge in [-0.25, -0.2) is 0 Å². The van der Waals surface area contributed by atoms with Crippen molar-refractivity contribution < 1.29 is 47.4 Å². The van der Waals surface area contributed by atoms with Crippen LogP contribution in [0.3, 0.4) is 0 Å². The van der Waals surface area contributed by atoms with Crippen LogP contribution in [0.4, 0.5) is 0 Å². The van der Waals surface area contributed by atoms with Crippen LogP contribution in [-0.4, -0.2) is 128 Å². The molecule has 0 spiro atoms. The third kappa shape index (κ3) is 13.0. The van der Waals surface area contributed by atoms with E-state index in [4.69, 9.17) is 47.4 Å². The van der Waals surface area contributed by atoms with Crippen LogP contribution in [-0.2, 0) is 47.4 Å². The van der Waals surface area contributed by atoms with E-state index in [2.05, 4.69) is 41.5 Å². The number of epoxide rings is 2.